The van der Waals surface area contributed by atoms with E-state index in [2.05, 4.69) is 10.00 Å². The molecule has 0 bridgehead atoms. The summed E-state index contributed by atoms with van der Waals surface area (Å²) in [7, 11) is 0. The minimum atomic E-state index is -0.425. The Kier molecular flexibility index (Phi) is 4.35. The Hall–Kier alpha value is -2.15. The summed E-state index contributed by atoms with van der Waals surface area (Å²) in [4.78, 5) is 35.0. The zero-order chi connectivity index (χ0) is 20.3. The number of amides is 1. The molecule has 0 radical (unpaired) electrons. The molecule has 1 saturated heterocycles. The summed E-state index contributed by atoms with van der Waals surface area (Å²) >= 11 is 0. The van der Waals surface area contributed by atoms with Crippen LogP contribution in [0.15, 0.2) is 10.9 Å². The number of hydrogen-bond donors (Lipinski definition) is 1. The number of aromatic amines is 1. The number of H-pyrrole nitrogens is 1. The number of nitrogens with one attached hydrogen (secondary N) is 1. The van der Waals surface area contributed by atoms with Crippen molar-refractivity contribution in [2.24, 2.45) is 11.3 Å². The molecule has 1 amide bonds. The monoisotopic (exact) mass is 397 g/mol. The van der Waals surface area contributed by atoms with Crippen molar-refractivity contribution in [1.82, 2.24) is 24.4 Å². The smallest absolute Gasteiger partial charge is 0.276 e. The molecule has 1 saturated carbocycles. The van der Waals surface area contributed by atoms with Gasteiger partial charge in [0.2, 0.25) is 5.91 Å². The maximum Gasteiger partial charge on any atom is 0.276 e. The predicted octanol–water partition coefficient (Wildman–Crippen LogP) is 2.50. The molecule has 7 nitrogen and oxygen atoms in total. The van der Waals surface area contributed by atoms with Crippen LogP contribution in [0.1, 0.15) is 69.4 Å². The second-order valence-corrected chi connectivity index (χ2v) is 10.1. The molecule has 2 aliphatic heterocycles. The number of nitrogens with zero attached hydrogens (tertiary/aromatic N) is 4. The van der Waals surface area contributed by atoms with E-state index in [-0.39, 0.29) is 11.5 Å². The van der Waals surface area contributed by atoms with E-state index in [1.165, 1.54) is 25.8 Å². The molecular weight excluding hydrogens is 366 g/mol. The van der Waals surface area contributed by atoms with Gasteiger partial charge in [0.1, 0.15) is 0 Å². The zero-order valence-electron chi connectivity index (χ0n) is 17.7. The van der Waals surface area contributed by atoms with Crippen LogP contribution in [0.2, 0.25) is 0 Å². The number of hydrogen-bond acceptors (Lipinski definition) is 4. The van der Waals surface area contributed by atoms with Crippen LogP contribution >= 0.6 is 0 Å². The summed E-state index contributed by atoms with van der Waals surface area (Å²) in [5, 5.41) is 3.36. The fourth-order valence-electron chi connectivity index (χ4n) is 4.86. The molecule has 3 aliphatic rings. The number of aromatic nitrogens is 3. The lowest BCUT2D eigenvalue weighted by molar-refractivity contribution is -0.140. The van der Waals surface area contributed by atoms with Gasteiger partial charge >= 0.3 is 0 Å². The van der Waals surface area contributed by atoms with E-state index < -0.39 is 5.41 Å². The van der Waals surface area contributed by atoms with Crippen LogP contribution in [0, 0.1) is 11.3 Å². The highest BCUT2D eigenvalue weighted by Gasteiger charge is 2.34. The van der Waals surface area contributed by atoms with Gasteiger partial charge < -0.3 is 4.90 Å². The third kappa shape index (κ3) is 3.39. The first-order chi connectivity index (χ1) is 13.8. The molecule has 5 rings (SSSR count). The van der Waals surface area contributed by atoms with E-state index in [0.29, 0.717) is 31.2 Å². The second kappa shape index (κ2) is 6.69. The average molecular weight is 398 g/mol. The Bertz CT molecular complexity index is 1010. The highest BCUT2D eigenvalue weighted by atomic mass is 16.2. The lowest BCUT2D eigenvalue weighted by Crippen LogP contribution is -2.44. The van der Waals surface area contributed by atoms with Crippen molar-refractivity contribution >= 4 is 11.6 Å². The van der Waals surface area contributed by atoms with Gasteiger partial charge in [-0.1, -0.05) is 20.8 Å². The van der Waals surface area contributed by atoms with Crippen molar-refractivity contribution in [2.45, 2.75) is 65.5 Å². The lowest BCUT2D eigenvalue weighted by atomic mass is 9.93. The van der Waals surface area contributed by atoms with Gasteiger partial charge in [-0.25, -0.2) is 9.50 Å². The summed E-state index contributed by atoms with van der Waals surface area (Å²) in [6.07, 6.45) is 5.61. The maximum atomic E-state index is 13.1. The second-order valence-electron chi connectivity index (χ2n) is 10.1. The van der Waals surface area contributed by atoms with Gasteiger partial charge in [0.25, 0.3) is 5.56 Å². The molecule has 2 aromatic heterocycles. The van der Waals surface area contributed by atoms with Crippen LogP contribution in [0.5, 0.6) is 0 Å². The largest absolute Gasteiger partial charge is 0.336 e. The van der Waals surface area contributed by atoms with Crippen LogP contribution in [-0.4, -0.2) is 49.9 Å². The van der Waals surface area contributed by atoms with Gasteiger partial charge in [0.05, 0.1) is 24.0 Å². The Morgan fingerprint density at radius 2 is 2.03 bits per heavy atom. The first-order valence-electron chi connectivity index (χ1n) is 11.0. The molecule has 0 unspecified atom stereocenters. The van der Waals surface area contributed by atoms with Gasteiger partial charge in [-0.15, -0.1) is 0 Å². The molecule has 1 N–H and O–H groups in total. The van der Waals surface area contributed by atoms with E-state index >= 15 is 0 Å². The fourth-order valence-corrected chi connectivity index (χ4v) is 4.86. The van der Waals surface area contributed by atoms with Crippen molar-refractivity contribution in [3.05, 3.63) is 33.4 Å². The van der Waals surface area contributed by atoms with Gasteiger partial charge in [0.15, 0.2) is 5.65 Å². The van der Waals surface area contributed by atoms with Crippen molar-refractivity contribution in [1.29, 1.82) is 0 Å². The number of likely N-dealkylation sites (tertiary alicyclic amines) is 1. The standard InChI is InChI=1S/C22H31N5O2/c1-22(2,3)21(29)26-10-8-15-17(13-26)23-19-11-16(24-27(19)20(15)28)18-5-4-9-25(18)12-14-6-7-14/h11,14,18,24H,4-10,12-13H2,1-3H3/t18-/m0/s1. The highest BCUT2D eigenvalue weighted by molar-refractivity contribution is 5.81. The van der Waals surface area contributed by atoms with E-state index in [4.69, 9.17) is 4.98 Å². The Morgan fingerprint density at radius 3 is 2.76 bits per heavy atom. The van der Waals surface area contributed by atoms with Crippen molar-refractivity contribution in [3.63, 3.8) is 0 Å². The Labute approximate surface area is 171 Å². The molecule has 1 atom stereocenters. The topological polar surface area (TPSA) is 73.7 Å². The molecule has 2 aromatic rings. The molecule has 2 fully saturated rings. The average Bonchev–Trinajstić information content (AvgIpc) is 3.19. The summed E-state index contributed by atoms with van der Waals surface area (Å²) in [5.74, 6) is 0.973. The van der Waals surface area contributed by atoms with Gasteiger partial charge in [-0.3, -0.25) is 19.6 Å². The quantitative estimate of drug-likeness (QED) is 0.864. The summed E-state index contributed by atoms with van der Waals surface area (Å²) in [6, 6.07) is 2.40. The number of carbonyl (C=O) groups excluding carboxylic acids is 1. The molecule has 7 heteroatoms. The molecule has 29 heavy (non-hydrogen) atoms. The molecule has 0 spiro atoms. The third-order valence-corrected chi connectivity index (χ3v) is 6.63. The molecular formula is C22H31N5O2. The van der Waals surface area contributed by atoms with E-state index in [0.717, 1.165) is 35.8 Å². The van der Waals surface area contributed by atoms with Gasteiger partial charge in [-0.05, 0) is 44.6 Å². The predicted molar refractivity (Wildman–Crippen MR) is 111 cm³/mol. The minimum Gasteiger partial charge on any atom is -0.336 e. The van der Waals surface area contributed by atoms with Crippen LogP contribution < -0.4 is 5.56 Å². The fraction of sp³-hybridized carbons (Fsp3) is 0.682. The first kappa shape index (κ1) is 18.9. The Balaban J connectivity index is 1.46. The summed E-state index contributed by atoms with van der Waals surface area (Å²) < 4.78 is 1.61. The molecule has 4 heterocycles. The number of carbonyl (C=O) groups is 1. The maximum absolute atomic E-state index is 13.1. The normalized spacial score (nSPS) is 23.0. The van der Waals surface area contributed by atoms with Crippen LogP contribution in [0.3, 0.4) is 0 Å². The zero-order valence-corrected chi connectivity index (χ0v) is 17.7. The first-order valence-corrected chi connectivity index (χ1v) is 11.0. The van der Waals surface area contributed by atoms with E-state index in [1.54, 1.807) is 4.52 Å². The van der Waals surface area contributed by atoms with Crippen LogP contribution in [0.25, 0.3) is 5.65 Å². The summed E-state index contributed by atoms with van der Waals surface area (Å²) in [5.41, 5.74) is 2.84. The number of fused-ring (bicyclic) bond motifs is 2. The minimum absolute atomic E-state index is 0.00847. The van der Waals surface area contributed by atoms with Gasteiger partial charge in [0, 0.05) is 30.1 Å². The van der Waals surface area contributed by atoms with Crippen molar-refractivity contribution in [2.75, 3.05) is 19.6 Å². The van der Waals surface area contributed by atoms with Crippen LogP contribution in [0.4, 0.5) is 0 Å². The van der Waals surface area contributed by atoms with Gasteiger partial charge in [-0.2, -0.15) is 0 Å². The van der Waals surface area contributed by atoms with E-state index in [1.807, 2.05) is 31.7 Å². The van der Waals surface area contributed by atoms with E-state index in [9.17, 15) is 9.59 Å². The molecule has 156 valence electrons. The third-order valence-electron chi connectivity index (χ3n) is 6.63. The highest BCUT2D eigenvalue weighted by Crippen LogP contribution is 2.37. The van der Waals surface area contributed by atoms with Crippen LogP contribution in [-0.2, 0) is 17.8 Å². The Morgan fingerprint density at radius 1 is 1.24 bits per heavy atom. The van der Waals surface area contributed by atoms with Crippen molar-refractivity contribution in [3.8, 4) is 0 Å². The molecule has 1 aliphatic carbocycles. The van der Waals surface area contributed by atoms with Crippen molar-refractivity contribution < 1.29 is 4.79 Å². The summed E-state index contributed by atoms with van der Waals surface area (Å²) in [6.45, 7) is 9.12. The molecule has 0 aromatic carbocycles. The lowest BCUT2D eigenvalue weighted by Gasteiger charge is -2.32. The SMILES string of the molecule is CC(C)(C)C(=O)N1CCc2c(nc3cc([C@@H]4CCCN4CC4CC4)[nH]n3c2=O)C1. The number of rotatable bonds is 3.